The van der Waals surface area contributed by atoms with Gasteiger partial charge in [-0.3, -0.25) is 4.79 Å². The number of benzene rings is 1. The highest BCUT2D eigenvalue weighted by atomic mass is 32.2. The average molecular weight is 445 g/mol. The molecule has 0 bridgehead atoms. The van der Waals surface area contributed by atoms with E-state index in [1.807, 2.05) is 48.7 Å². The van der Waals surface area contributed by atoms with Crippen LogP contribution in [0.3, 0.4) is 0 Å². The van der Waals surface area contributed by atoms with E-state index in [0.29, 0.717) is 10.3 Å². The van der Waals surface area contributed by atoms with Crippen molar-refractivity contribution in [1.82, 2.24) is 19.9 Å². The summed E-state index contributed by atoms with van der Waals surface area (Å²) in [6.45, 7) is 1.89. The Labute approximate surface area is 178 Å². The Morgan fingerprint density at radius 1 is 1.28 bits per heavy atom. The number of nitrogens with two attached hydrogens (primary N) is 1. The van der Waals surface area contributed by atoms with Crippen LogP contribution in [0.15, 0.2) is 52.0 Å². The number of carbonyl (C=O) groups is 1. The van der Waals surface area contributed by atoms with Crippen molar-refractivity contribution in [1.29, 1.82) is 0 Å². The zero-order valence-corrected chi connectivity index (χ0v) is 17.6. The Kier molecular flexibility index (Phi) is 5.74. The van der Waals surface area contributed by atoms with Gasteiger partial charge >= 0.3 is 0 Å². The fourth-order valence-corrected chi connectivity index (χ4v) is 4.55. The van der Waals surface area contributed by atoms with Gasteiger partial charge in [-0.15, -0.1) is 21.5 Å². The topological polar surface area (TPSA) is 123 Å². The third-order valence-corrected chi connectivity index (χ3v) is 6.61. The molecular weight excluding hydrogens is 428 g/mol. The molecule has 0 atom stereocenters. The van der Waals surface area contributed by atoms with Gasteiger partial charge in [0.25, 0.3) is 5.95 Å². The number of anilines is 2. The maximum atomic E-state index is 12.2. The maximum Gasteiger partial charge on any atom is 0.264 e. The van der Waals surface area contributed by atoms with E-state index in [1.54, 1.807) is 11.3 Å². The third kappa shape index (κ3) is 4.55. The second-order valence-corrected chi connectivity index (χ2v) is 8.71. The minimum atomic E-state index is -0.196. The highest BCUT2D eigenvalue weighted by Crippen LogP contribution is 2.26. The van der Waals surface area contributed by atoms with Crippen molar-refractivity contribution < 1.29 is 4.79 Å². The Bertz CT molecular complexity index is 1130. The molecule has 4 N–H and O–H groups in total. The van der Waals surface area contributed by atoms with E-state index in [9.17, 15) is 4.79 Å². The molecule has 4 aromatic rings. The first kappa shape index (κ1) is 19.4. The number of nitrogen functional groups attached to an aromatic ring is 1. The predicted molar refractivity (Wildman–Crippen MR) is 119 cm³/mol. The molecule has 1 amide bonds. The van der Waals surface area contributed by atoms with Gasteiger partial charge in [-0.1, -0.05) is 41.3 Å². The lowest BCUT2D eigenvalue weighted by Crippen LogP contribution is -2.17. The van der Waals surface area contributed by atoms with Gasteiger partial charge < -0.3 is 11.2 Å². The number of hydrogen-bond donors (Lipinski definition) is 3. The Hall–Kier alpha value is -2.96. The van der Waals surface area contributed by atoms with E-state index < -0.39 is 0 Å². The summed E-state index contributed by atoms with van der Waals surface area (Å²) < 4.78 is 2.28. The monoisotopic (exact) mass is 444 g/mol. The first-order valence-electron chi connectivity index (χ1n) is 8.43. The Morgan fingerprint density at radius 2 is 2.14 bits per heavy atom. The lowest BCUT2D eigenvalue weighted by molar-refractivity contribution is -0.113. The summed E-state index contributed by atoms with van der Waals surface area (Å²) in [5, 5.41) is 18.0. The number of carbonyl (C=O) groups excluding carboxylic acids is 1. The number of nitrogens with one attached hydrogen (secondary N) is 2. The highest BCUT2D eigenvalue weighted by Gasteiger charge is 2.13. The number of hydrazone groups is 1. The highest BCUT2D eigenvalue weighted by molar-refractivity contribution is 7.99. The lowest BCUT2D eigenvalue weighted by Gasteiger charge is -2.04. The normalized spacial score (nSPS) is 11.7. The van der Waals surface area contributed by atoms with Crippen LogP contribution in [0.25, 0.3) is 10.2 Å². The fraction of sp³-hybridized carbons (Fsp3) is 0.118. The summed E-state index contributed by atoms with van der Waals surface area (Å²) >= 11 is 4.20. The maximum absolute atomic E-state index is 12.2. The smallest absolute Gasteiger partial charge is 0.264 e. The van der Waals surface area contributed by atoms with Gasteiger partial charge in [0.2, 0.25) is 11.1 Å². The second kappa shape index (κ2) is 8.59. The summed E-state index contributed by atoms with van der Waals surface area (Å²) in [4.78, 5) is 17.7. The van der Waals surface area contributed by atoms with Gasteiger partial charge in [0.1, 0.15) is 0 Å². The second-order valence-electron chi connectivity index (χ2n) is 5.79. The summed E-state index contributed by atoms with van der Waals surface area (Å²) in [6, 6.07) is 11.7. The molecule has 0 fully saturated rings. The lowest BCUT2D eigenvalue weighted by atomic mass is 10.3. The van der Waals surface area contributed by atoms with Crippen molar-refractivity contribution in [3.63, 3.8) is 0 Å². The number of fused-ring (bicyclic) bond motifs is 1. The van der Waals surface area contributed by atoms with E-state index in [1.165, 1.54) is 27.8 Å². The largest absolute Gasteiger partial charge is 0.334 e. The van der Waals surface area contributed by atoms with E-state index in [-0.39, 0.29) is 17.6 Å². The number of nitrogens with zero attached hydrogens (tertiary/aromatic N) is 5. The predicted octanol–water partition coefficient (Wildman–Crippen LogP) is 3.23. The van der Waals surface area contributed by atoms with E-state index >= 15 is 0 Å². The van der Waals surface area contributed by atoms with Crippen LogP contribution in [0.4, 0.5) is 11.1 Å². The first-order valence-corrected chi connectivity index (χ1v) is 11.1. The van der Waals surface area contributed by atoms with Crippen LogP contribution in [-0.4, -0.2) is 37.2 Å². The number of para-hydroxylation sites is 1. The molecule has 29 heavy (non-hydrogen) atoms. The van der Waals surface area contributed by atoms with Crippen molar-refractivity contribution in [2.45, 2.75) is 12.1 Å². The molecule has 0 aliphatic carbocycles. The first-order chi connectivity index (χ1) is 14.1. The third-order valence-electron chi connectivity index (χ3n) is 3.74. The molecule has 0 aliphatic rings. The number of rotatable bonds is 7. The van der Waals surface area contributed by atoms with Gasteiger partial charge in [0, 0.05) is 4.88 Å². The number of hydrogen-bond acceptors (Lipinski definition) is 10. The molecule has 1 aromatic carbocycles. The molecule has 4 rings (SSSR count). The number of thioether (sulfide) groups is 1. The van der Waals surface area contributed by atoms with E-state index in [4.69, 9.17) is 5.84 Å². The number of amides is 1. The Balaban J connectivity index is 1.34. The van der Waals surface area contributed by atoms with Crippen LogP contribution in [0.2, 0.25) is 0 Å². The van der Waals surface area contributed by atoms with Crippen molar-refractivity contribution in [3.05, 3.63) is 46.7 Å². The molecular formula is C17H16N8OS3. The summed E-state index contributed by atoms with van der Waals surface area (Å²) in [7, 11) is 0. The summed E-state index contributed by atoms with van der Waals surface area (Å²) in [5.41, 5.74) is 4.47. The minimum Gasteiger partial charge on any atom is -0.334 e. The molecule has 148 valence electrons. The molecule has 0 saturated heterocycles. The zero-order valence-electron chi connectivity index (χ0n) is 15.2. The van der Waals surface area contributed by atoms with Gasteiger partial charge in [-0.05, 0) is 30.5 Å². The molecule has 0 unspecified atom stereocenters. The molecule has 9 nitrogen and oxygen atoms in total. The van der Waals surface area contributed by atoms with Gasteiger partial charge in [0.05, 0.1) is 21.7 Å². The molecule has 3 heterocycles. The van der Waals surface area contributed by atoms with E-state index in [0.717, 1.165) is 20.8 Å². The van der Waals surface area contributed by atoms with Crippen molar-refractivity contribution in [2.24, 2.45) is 5.10 Å². The molecule has 0 saturated carbocycles. The molecule has 3 aromatic heterocycles. The zero-order chi connectivity index (χ0) is 20.2. The Morgan fingerprint density at radius 3 is 2.93 bits per heavy atom. The summed E-state index contributed by atoms with van der Waals surface area (Å²) in [5.74, 6) is 6.22. The molecule has 0 radical (unpaired) electrons. The summed E-state index contributed by atoms with van der Waals surface area (Å²) in [6.07, 6.45) is 0. The van der Waals surface area contributed by atoms with Crippen molar-refractivity contribution in [2.75, 3.05) is 22.3 Å². The minimum absolute atomic E-state index is 0.128. The van der Waals surface area contributed by atoms with E-state index in [2.05, 4.69) is 31.0 Å². The van der Waals surface area contributed by atoms with Crippen LogP contribution < -0.4 is 16.6 Å². The molecule has 0 aliphatic heterocycles. The van der Waals surface area contributed by atoms with Crippen LogP contribution in [-0.2, 0) is 4.79 Å². The molecule has 12 heteroatoms. The quantitative estimate of drug-likeness (QED) is 0.173. The van der Waals surface area contributed by atoms with Gasteiger partial charge in [0.15, 0.2) is 5.13 Å². The van der Waals surface area contributed by atoms with Crippen molar-refractivity contribution >= 4 is 67.4 Å². The van der Waals surface area contributed by atoms with Gasteiger partial charge in [-0.25, -0.2) is 15.1 Å². The SMILES string of the molecule is C/C(=N\Nc1nnc(SCC(=O)Nc2nc3ccccc3s2)n1N)c1cccs1. The van der Waals surface area contributed by atoms with Crippen LogP contribution in [0.1, 0.15) is 11.8 Å². The fourth-order valence-electron chi connectivity index (χ4n) is 2.34. The standard InChI is InChI=1S/C17H16N8OS3/c1-10(12-7-4-8-27-12)21-22-15-23-24-17(25(15)18)28-9-14(26)20-16-19-11-5-2-3-6-13(11)29-16/h2-8H,9,18H2,1H3,(H,22,23)(H,19,20,26)/b21-10+. The van der Waals surface area contributed by atoms with Crippen molar-refractivity contribution in [3.8, 4) is 0 Å². The van der Waals surface area contributed by atoms with Gasteiger partial charge in [-0.2, -0.15) is 5.10 Å². The number of thiazole rings is 1. The van der Waals surface area contributed by atoms with Crippen LogP contribution >= 0.6 is 34.4 Å². The van der Waals surface area contributed by atoms with Crippen LogP contribution in [0.5, 0.6) is 0 Å². The molecule has 0 spiro atoms. The number of aromatic nitrogens is 4. The average Bonchev–Trinajstić information content (AvgIpc) is 3.45. The van der Waals surface area contributed by atoms with Crippen LogP contribution in [0, 0.1) is 0 Å². The number of thiophene rings is 1.